The molecule has 1 heteroatoms. The van der Waals surface area contributed by atoms with Crippen LogP contribution in [0.4, 0.5) is 0 Å². The predicted octanol–water partition coefficient (Wildman–Crippen LogP) is 6.79. The molecule has 0 aromatic heterocycles. The summed E-state index contributed by atoms with van der Waals surface area (Å²) in [5.74, 6) is 4.20. The lowest BCUT2D eigenvalue weighted by Gasteiger charge is -2.32. The fourth-order valence-electron chi connectivity index (χ4n) is 5.25. The zero-order chi connectivity index (χ0) is 16.5. The zero-order valence-electron chi connectivity index (χ0n) is 15.8. The van der Waals surface area contributed by atoms with E-state index in [1.165, 1.54) is 89.8 Å². The maximum absolute atomic E-state index is 10.9. The first-order valence-corrected chi connectivity index (χ1v) is 10.6. The second kappa shape index (κ2) is 10.5. The van der Waals surface area contributed by atoms with Crippen LogP contribution in [0.25, 0.3) is 0 Å². The van der Waals surface area contributed by atoms with Crippen molar-refractivity contribution in [3.05, 3.63) is 0 Å². The first-order valence-electron chi connectivity index (χ1n) is 10.6. The van der Waals surface area contributed by atoms with Crippen molar-refractivity contribution >= 4 is 6.29 Å². The minimum absolute atomic E-state index is 0.383. The third kappa shape index (κ3) is 6.98. The van der Waals surface area contributed by atoms with Crippen LogP contribution >= 0.6 is 0 Å². The molecule has 2 fully saturated rings. The van der Waals surface area contributed by atoms with Gasteiger partial charge in [-0.05, 0) is 49.4 Å². The maximum atomic E-state index is 10.9. The predicted molar refractivity (Wildman–Crippen MR) is 99.5 cm³/mol. The Hall–Kier alpha value is -0.330. The van der Waals surface area contributed by atoms with E-state index in [1.807, 2.05) is 0 Å². The number of carbonyl (C=O) groups excluding carboxylic acids is 1. The molecule has 0 N–H and O–H groups in total. The van der Waals surface area contributed by atoms with Crippen LogP contribution < -0.4 is 0 Å². The average molecular weight is 321 g/mol. The van der Waals surface area contributed by atoms with Crippen LogP contribution in [-0.4, -0.2) is 6.29 Å². The molecule has 23 heavy (non-hydrogen) atoms. The van der Waals surface area contributed by atoms with Gasteiger partial charge in [0, 0.05) is 5.92 Å². The highest BCUT2D eigenvalue weighted by Gasteiger charge is 2.24. The van der Waals surface area contributed by atoms with Gasteiger partial charge in [-0.25, -0.2) is 0 Å². The van der Waals surface area contributed by atoms with Crippen LogP contribution in [0.2, 0.25) is 0 Å². The van der Waals surface area contributed by atoms with Crippen LogP contribution in [0.5, 0.6) is 0 Å². The fourth-order valence-corrected chi connectivity index (χ4v) is 5.25. The van der Waals surface area contributed by atoms with Crippen molar-refractivity contribution in [1.82, 2.24) is 0 Å². The van der Waals surface area contributed by atoms with E-state index < -0.39 is 0 Å². The summed E-state index contributed by atoms with van der Waals surface area (Å²) in [4.78, 5) is 10.9. The van der Waals surface area contributed by atoms with Crippen LogP contribution in [0, 0.1) is 29.6 Å². The van der Waals surface area contributed by atoms with Crippen molar-refractivity contribution < 1.29 is 4.79 Å². The monoisotopic (exact) mass is 320 g/mol. The standard InChI is InChI=1S/C22H40O/c1-18-13-14-22(19(2)15-18)12-7-5-3-4-6-9-20-10-8-11-21(16-20)17-23/h17-22H,3-16H2,1-2H3. The Bertz CT molecular complexity index is 324. The molecular formula is C22H40O. The molecule has 0 spiro atoms. The van der Waals surface area contributed by atoms with E-state index >= 15 is 0 Å². The second-order valence-electron chi connectivity index (χ2n) is 8.93. The molecule has 2 rings (SSSR count). The van der Waals surface area contributed by atoms with E-state index in [0.29, 0.717) is 5.92 Å². The summed E-state index contributed by atoms with van der Waals surface area (Å²) < 4.78 is 0. The van der Waals surface area contributed by atoms with E-state index in [1.54, 1.807) is 0 Å². The summed E-state index contributed by atoms with van der Waals surface area (Å²) >= 11 is 0. The summed E-state index contributed by atoms with van der Waals surface area (Å²) in [7, 11) is 0. The van der Waals surface area contributed by atoms with E-state index in [0.717, 1.165) is 30.1 Å². The summed E-state index contributed by atoms with van der Waals surface area (Å²) in [6.45, 7) is 4.91. The van der Waals surface area contributed by atoms with Crippen molar-refractivity contribution in [1.29, 1.82) is 0 Å². The molecule has 0 amide bonds. The van der Waals surface area contributed by atoms with Crippen LogP contribution in [0.1, 0.15) is 104 Å². The molecule has 0 aromatic carbocycles. The first kappa shape index (κ1) is 19.0. The molecule has 0 aliphatic heterocycles. The van der Waals surface area contributed by atoms with Gasteiger partial charge in [0.2, 0.25) is 0 Å². The number of hydrogen-bond donors (Lipinski definition) is 0. The Morgan fingerprint density at radius 3 is 2.30 bits per heavy atom. The van der Waals surface area contributed by atoms with Gasteiger partial charge >= 0.3 is 0 Å². The lowest BCUT2D eigenvalue weighted by molar-refractivity contribution is -0.112. The third-order valence-corrected chi connectivity index (χ3v) is 6.81. The molecule has 0 aromatic rings. The lowest BCUT2D eigenvalue weighted by Crippen LogP contribution is -2.21. The van der Waals surface area contributed by atoms with Crippen LogP contribution in [0.15, 0.2) is 0 Å². The van der Waals surface area contributed by atoms with Crippen molar-refractivity contribution in [2.75, 3.05) is 0 Å². The number of hydrogen-bond acceptors (Lipinski definition) is 1. The zero-order valence-corrected chi connectivity index (χ0v) is 15.8. The molecule has 5 unspecified atom stereocenters. The SMILES string of the molecule is CC1CCC(CCCCCCCC2CCCC(C=O)C2)C(C)C1. The first-order chi connectivity index (χ1) is 11.2. The molecule has 1 nitrogen and oxygen atoms in total. The highest BCUT2D eigenvalue weighted by molar-refractivity contribution is 5.53. The molecular weight excluding hydrogens is 280 g/mol. The van der Waals surface area contributed by atoms with Gasteiger partial charge in [-0.1, -0.05) is 78.1 Å². The number of carbonyl (C=O) groups is 1. The largest absolute Gasteiger partial charge is 0.303 e. The van der Waals surface area contributed by atoms with Gasteiger partial charge in [0.25, 0.3) is 0 Å². The van der Waals surface area contributed by atoms with E-state index in [9.17, 15) is 4.79 Å². The van der Waals surface area contributed by atoms with Gasteiger partial charge in [0.1, 0.15) is 6.29 Å². The topological polar surface area (TPSA) is 17.1 Å². The molecule has 2 saturated carbocycles. The van der Waals surface area contributed by atoms with Gasteiger partial charge in [0.05, 0.1) is 0 Å². The molecule has 0 heterocycles. The van der Waals surface area contributed by atoms with Crippen LogP contribution in [-0.2, 0) is 4.79 Å². The highest BCUT2D eigenvalue weighted by atomic mass is 16.1. The lowest BCUT2D eigenvalue weighted by atomic mass is 9.73. The maximum Gasteiger partial charge on any atom is 0.123 e. The minimum Gasteiger partial charge on any atom is -0.303 e. The van der Waals surface area contributed by atoms with Crippen molar-refractivity contribution in [2.24, 2.45) is 29.6 Å². The van der Waals surface area contributed by atoms with Gasteiger partial charge in [-0.15, -0.1) is 0 Å². The Morgan fingerprint density at radius 1 is 0.826 bits per heavy atom. The van der Waals surface area contributed by atoms with Gasteiger partial charge in [-0.3, -0.25) is 0 Å². The summed E-state index contributed by atoms with van der Waals surface area (Å²) in [5.41, 5.74) is 0. The Morgan fingerprint density at radius 2 is 1.57 bits per heavy atom. The molecule has 0 saturated heterocycles. The van der Waals surface area contributed by atoms with Crippen molar-refractivity contribution in [3.63, 3.8) is 0 Å². The van der Waals surface area contributed by atoms with Crippen molar-refractivity contribution in [3.8, 4) is 0 Å². The van der Waals surface area contributed by atoms with Gasteiger partial charge < -0.3 is 4.79 Å². The van der Waals surface area contributed by atoms with E-state index in [2.05, 4.69) is 13.8 Å². The molecule has 0 radical (unpaired) electrons. The summed E-state index contributed by atoms with van der Waals surface area (Å²) in [5, 5.41) is 0. The molecule has 2 aliphatic carbocycles. The number of unbranched alkanes of at least 4 members (excludes halogenated alkanes) is 4. The normalized spacial score (nSPS) is 35.1. The number of rotatable bonds is 9. The fraction of sp³-hybridized carbons (Fsp3) is 0.955. The molecule has 2 aliphatic rings. The summed E-state index contributed by atoms with van der Waals surface area (Å²) in [6.07, 6.45) is 20.6. The summed E-state index contributed by atoms with van der Waals surface area (Å²) in [6, 6.07) is 0. The Balaban J connectivity index is 1.44. The highest BCUT2D eigenvalue weighted by Crippen LogP contribution is 2.36. The molecule has 134 valence electrons. The quantitative estimate of drug-likeness (QED) is 0.337. The Kier molecular flexibility index (Phi) is 8.69. The minimum atomic E-state index is 0.383. The smallest absolute Gasteiger partial charge is 0.123 e. The third-order valence-electron chi connectivity index (χ3n) is 6.81. The van der Waals surface area contributed by atoms with Gasteiger partial charge in [0.15, 0.2) is 0 Å². The van der Waals surface area contributed by atoms with Gasteiger partial charge in [-0.2, -0.15) is 0 Å². The number of aldehydes is 1. The average Bonchev–Trinajstić information content (AvgIpc) is 2.56. The van der Waals surface area contributed by atoms with Crippen LogP contribution in [0.3, 0.4) is 0 Å². The van der Waals surface area contributed by atoms with E-state index in [4.69, 9.17) is 0 Å². The van der Waals surface area contributed by atoms with E-state index in [-0.39, 0.29) is 0 Å². The Labute approximate surface area is 145 Å². The second-order valence-corrected chi connectivity index (χ2v) is 8.93. The molecule has 5 atom stereocenters. The van der Waals surface area contributed by atoms with Crippen molar-refractivity contribution in [2.45, 2.75) is 104 Å². The molecule has 0 bridgehead atoms.